The van der Waals surface area contributed by atoms with Crippen molar-refractivity contribution in [2.24, 2.45) is 0 Å². The highest BCUT2D eigenvalue weighted by atomic mass is 32.1. The van der Waals surface area contributed by atoms with Gasteiger partial charge in [-0.25, -0.2) is 4.98 Å². The molecule has 1 aromatic heterocycles. The summed E-state index contributed by atoms with van der Waals surface area (Å²) in [5, 5.41) is 3.55. The number of fused-ring (bicyclic) bond motifs is 1. The Bertz CT molecular complexity index is 505. The number of anilines is 1. The van der Waals surface area contributed by atoms with Crippen molar-refractivity contribution < 1.29 is 4.74 Å². The fourth-order valence-corrected chi connectivity index (χ4v) is 2.95. The first-order chi connectivity index (χ1) is 8.35. The van der Waals surface area contributed by atoms with E-state index in [4.69, 9.17) is 4.74 Å². The van der Waals surface area contributed by atoms with Gasteiger partial charge in [-0.05, 0) is 38.0 Å². The molecule has 2 aromatic rings. The van der Waals surface area contributed by atoms with Crippen molar-refractivity contribution in [1.82, 2.24) is 4.98 Å². The average Bonchev–Trinajstić information content (AvgIpc) is 2.73. The Morgan fingerprint density at radius 3 is 3.18 bits per heavy atom. The Labute approximate surface area is 105 Å². The number of rotatable bonds is 4. The van der Waals surface area contributed by atoms with Crippen LogP contribution in [0.3, 0.4) is 0 Å². The van der Waals surface area contributed by atoms with Crippen molar-refractivity contribution >= 4 is 27.2 Å². The lowest BCUT2D eigenvalue weighted by Gasteiger charge is -2.36. The van der Waals surface area contributed by atoms with Crippen molar-refractivity contribution in [3.63, 3.8) is 0 Å². The summed E-state index contributed by atoms with van der Waals surface area (Å²) in [5.41, 5.74) is 4.17. The number of hydrogen-bond acceptors (Lipinski definition) is 4. The van der Waals surface area contributed by atoms with Gasteiger partial charge >= 0.3 is 0 Å². The highest BCUT2D eigenvalue weighted by Crippen LogP contribution is 2.28. The standard InChI is InChI=1S/C13H16N2OS/c1-2-16-11-5-10(6-11)15-9-3-4-12-13(7-9)17-8-14-12/h3-4,7-8,10-11,15H,2,5-6H2,1H3. The molecule has 3 nitrogen and oxygen atoms in total. The van der Waals surface area contributed by atoms with Crippen molar-refractivity contribution in [1.29, 1.82) is 0 Å². The second-order valence-electron chi connectivity index (χ2n) is 4.42. The van der Waals surface area contributed by atoms with Gasteiger partial charge in [0, 0.05) is 18.3 Å². The number of benzene rings is 1. The lowest BCUT2D eigenvalue weighted by Crippen LogP contribution is -2.40. The van der Waals surface area contributed by atoms with Crippen LogP contribution in [0.1, 0.15) is 19.8 Å². The summed E-state index contributed by atoms with van der Waals surface area (Å²) in [7, 11) is 0. The summed E-state index contributed by atoms with van der Waals surface area (Å²) >= 11 is 1.69. The molecule has 1 N–H and O–H groups in total. The van der Waals surface area contributed by atoms with Crippen LogP contribution < -0.4 is 5.32 Å². The minimum absolute atomic E-state index is 0.463. The zero-order valence-corrected chi connectivity index (χ0v) is 10.7. The van der Waals surface area contributed by atoms with Gasteiger partial charge in [-0.2, -0.15) is 0 Å². The van der Waals surface area contributed by atoms with E-state index in [0.29, 0.717) is 12.1 Å². The quantitative estimate of drug-likeness (QED) is 0.901. The van der Waals surface area contributed by atoms with Crippen LogP contribution in [0.4, 0.5) is 5.69 Å². The monoisotopic (exact) mass is 248 g/mol. The molecule has 1 aliphatic rings. The van der Waals surface area contributed by atoms with E-state index in [1.807, 2.05) is 5.51 Å². The molecule has 0 saturated heterocycles. The fourth-order valence-electron chi connectivity index (χ4n) is 2.24. The SMILES string of the molecule is CCOC1CC(Nc2ccc3ncsc3c2)C1. The van der Waals surface area contributed by atoms with Gasteiger partial charge in [-0.3, -0.25) is 0 Å². The Hall–Kier alpha value is -1.13. The summed E-state index contributed by atoms with van der Waals surface area (Å²) in [4.78, 5) is 4.28. The summed E-state index contributed by atoms with van der Waals surface area (Å²) in [6.07, 6.45) is 2.70. The second-order valence-corrected chi connectivity index (χ2v) is 5.31. The van der Waals surface area contributed by atoms with E-state index >= 15 is 0 Å². The zero-order chi connectivity index (χ0) is 11.7. The Kier molecular flexibility index (Phi) is 2.99. The molecule has 3 rings (SSSR count). The van der Waals surface area contributed by atoms with E-state index in [1.54, 1.807) is 11.3 Å². The molecular formula is C13H16N2OS. The molecule has 1 aromatic carbocycles. The Balaban J connectivity index is 1.62. The maximum absolute atomic E-state index is 5.56. The summed E-state index contributed by atoms with van der Waals surface area (Å²) < 4.78 is 6.80. The molecule has 0 amide bonds. The van der Waals surface area contributed by atoms with E-state index in [-0.39, 0.29) is 0 Å². The van der Waals surface area contributed by atoms with Crippen molar-refractivity contribution in [3.8, 4) is 0 Å². The van der Waals surface area contributed by atoms with Gasteiger partial charge in [0.1, 0.15) is 0 Å². The smallest absolute Gasteiger partial charge is 0.0813 e. The Morgan fingerprint density at radius 2 is 2.35 bits per heavy atom. The summed E-state index contributed by atoms with van der Waals surface area (Å²) in [5.74, 6) is 0. The molecule has 0 bridgehead atoms. The molecule has 1 saturated carbocycles. The maximum atomic E-state index is 5.56. The molecule has 1 heterocycles. The lowest BCUT2D eigenvalue weighted by molar-refractivity contribution is 0.00300. The van der Waals surface area contributed by atoms with Crippen LogP contribution in [-0.4, -0.2) is 23.7 Å². The average molecular weight is 248 g/mol. The second kappa shape index (κ2) is 4.63. The minimum atomic E-state index is 0.463. The van der Waals surface area contributed by atoms with Crippen molar-refractivity contribution in [3.05, 3.63) is 23.7 Å². The van der Waals surface area contributed by atoms with Crippen LogP contribution >= 0.6 is 11.3 Å². The van der Waals surface area contributed by atoms with E-state index in [0.717, 1.165) is 25.0 Å². The van der Waals surface area contributed by atoms with Gasteiger partial charge in [-0.1, -0.05) is 0 Å². The van der Waals surface area contributed by atoms with Crippen molar-refractivity contribution in [2.45, 2.75) is 31.9 Å². The molecule has 90 valence electrons. The summed E-state index contributed by atoms with van der Waals surface area (Å²) in [6.45, 7) is 2.88. The first-order valence-electron chi connectivity index (χ1n) is 6.06. The number of nitrogens with zero attached hydrogens (tertiary/aromatic N) is 1. The largest absolute Gasteiger partial charge is 0.382 e. The van der Waals surface area contributed by atoms with E-state index in [2.05, 4.69) is 35.4 Å². The predicted octanol–water partition coefficient (Wildman–Crippen LogP) is 3.28. The zero-order valence-electron chi connectivity index (χ0n) is 9.85. The number of thiazole rings is 1. The number of nitrogens with one attached hydrogen (secondary N) is 1. The maximum Gasteiger partial charge on any atom is 0.0813 e. The third-order valence-electron chi connectivity index (χ3n) is 3.20. The first-order valence-corrected chi connectivity index (χ1v) is 6.94. The third kappa shape index (κ3) is 2.28. The van der Waals surface area contributed by atoms with E-state index < -0.39 is 0 Å². The van der Waals surface area contributed by atoms with Gasteiger partial charge in [0.2, 0.25) is 0 Å². The molecule has 17 heavy (non-hydrogen) atoms. The molecule has 1 aliphatic carbocycles. The van der Waals surface area contributed by atoms with Crippen LogP contribution in [0.2, 0.25) is 0 Å². The molecular weight excluding hydrogens is 232 g/mol. The molecule has 0 aliphatic heterocycles. The molecule has 4 heteroatoms. The highest BCUT2D eigenvalue weighted by molar-refractivity contribution is 7.16. The molecule has 0 spiro atoms. The number of hydrogen-bond donors (Lipinski definition) is 1. The van der Waals surface area contributed by atoms with Gasteiger partial charge in [0.15, 0.2) is 0 Å². The van der Waals surface area contributed by atoms with Gasteiger partial charge in [0.25, 0.3) is 0 Å². The summed E-state index contributed by atoms with van der Waals surface area (Å²) in [6, 6.07) is 6.93. The topological polar surface area (TPSA) is 34.1 Å². The van der Waals surface area contributed by atoms with Gasteiger partial charge < -0.3 is 10.1 Å². The first kappa shape index (κ1) is 11.0. The Morgan fingerprint density at radius 1 is 1.47 bits per heavy atom. The van der Waals surface area contributed by atoms with Gasteiger partial charge in [-0.15, -0.1) is 11.3 Å². The highest BCUT2D eigenvalue weighted by Gasteiger charge is 2.29. The number of ether oxygens (including phenoxy) is 1. The normalized spacial score (nSPS) is 23.6. The van der Waals surface area contributed by atoms with Crippen LogP contribution in [0, 0.1) is 0 Å². The van der Waals surface area contributed by atoms with Gasteiger partial charge in [0.05, 0.1) is 21.8 Å². The molecule has 0 atom stereocenters. The van der Waals surface area contributed by atoms with Crippen LogP contribution in [0.5, 0.6) is 0 Å². The predicted molar refractivity (Wildman–Crippen MR) is 71.7 cm³/mol. The van der Waals surface area contributed by atoms with Crippen LogP contribution in [-0.2, 0) is 4.74 Å². The minimum Gasteiger partial charge on any atom is -0.382 e. The van der Waals surface area contributed by atoms with Crippen LogP contribution in [0.25, 0.3) is 10.2 Å². The molecule has 0 radical (unpaired) electrons. The molecule has 0 unspecified atom stereocenters. The van der Waals surface area contributed by atoms with E-state index in [1.165, 1.54) is 10.4 Å². The van der Waals surface area contributed by atoms with E-state index in [9.17, 15) is 0 Å². The third-order valence-corrected chi connectivity index (χ3v) is 3.99. The lowest BCUT2D eigenvalue weighted by atomic mass is 9.89. The number of aromatic nitrogens is 1. The molecule has 1 fully saturated rings. The van der Waals surface area contributed by atoms with Crippen molar-refractivity contribution in [2.75, 3.05) is 11.9 Å². The fraction of sp³-hybridized carbons (Fsp3) is 0.462. The van der Waals surface area contributed by atoms with Crippen LogP contribution in [0.15, 0.2) is 23.7 Å².